The Balaban J connectivity index is 1.38. The molecule has 5 heteroatoms. The summed E-state index contributed by atoms with van der Waals surface area (Å²) in [5.74, 6) is 0.0167. The lowest BCUT2D eigenvalue weighted by molar-refractivity contribution is 0.0958. The zero-order valence-electron chi connectivity index (χ0n) is 12.2. The Morgan fingerprint density at radius 2 is 2.32 bits per heavy atom. The van der Waals surface area contributed by atoms with Crippen molar-refractivity contribution >= 4 is 27.3 Å². The molecule has 1 aliphatic carbocycles. The molecule has 3 aromatic heterocycles. The number of nitrogens with zero attached hydrogens (tertiary/aromatic N) is 2. The predicted octanol–water partition coefficient (Wildman–Crippen LogP) is 3.41. The number of aromatic nitrogens is 2. The van der Waals surface area contributed by atoms with Gasteiger partial charge in [0.2, 0.25) is 0 Å². The summed E-state index contributed by atoms with van der Waals surface area (Å²) >= 11 is 1.57. The maximum absolute atomic E-state index is 12.2. The van der Waals surface area contributed by atoms with Gasteiger partial charge in [-0.15, -0.1) is 11.3 Å². The number of pyridine rings is 1. The van der Waals surface area contributed by atoms with Crippen LogP contribution < -0.4 is 5.32 Å². The normalized spacial score (nSPS) is 14.4. The van der Waals surface area contributed by atoms with Crippen molar-refractivity contribution in [3.8, 4) is 0 Å². The molecule has 3 aromatic rings. The van der Waals surface area contributed by atoms with Crippen LogP contribution in [0, 0.1) is 0 Å². The maximum atomic E-state index is 12.2. The monoisotopic (exact) mass is 311 g/mol. The van der Waals surface area contributed by atoms with Gasteiger partial charge in [-0.05, 0) is 37.0 Å². The molecule has 0 spiro atoms. The Morgan fingerprint density at radius 3 is 3.05 bits per heavy atom. The van der Waals surface area contributed by atoms with Gasteiger partial charge in [0, 0.05) is 42.8 Å². The van der Waals surface area contributed by atoms with Crippen molar-refractivity contribution in [2.75, 3.05) is 6.54 Å². The quantitative estimate of drug-likeness (QED) is 0.785. The second-order valence-corrected chi connectivity index (χ2v) is 6.82. The fourth-order valence-electron chi connectivity index (χ4n) is 2.60. The fraction of sp³-hybridized carbons (Fsp3) is 0.294. The van der Waals surface area contributed by atoms with E-state index in [0.717, 1.165) is 16.9 Å². The molecule has 0 bridgehead atoms. The Labute approximate surface area is 132 Å². The Hall–Kier alpha value is -2.14. The number of rotatable bonds is 5. The van der Waals surface area contributed by atoms with Crippen LogP contribution >= 0.6 is 11.3 Å². The van der Waals surface area contributed by atoms with Crippen LogP contribution in [-0.4, -0.2) is 22.0 Å². The van der Waals surface area contributed by atoms with E-state index >= 15 is 0 Å². The molecule has 0 aliphatic heterocycles. The standard InChI is InChI=1S/C17H17N3OS/c21-17(19-7-5-12-2-1-6-18-9-12)15-8-13-10-20(14-3-4-14)11-16(13)22-15/h1-2,6,8-11,14H,3-5,7H2,(H,19,21). The van der Waals surface area contributed by atoms with E-state index in [-0.39, 0.29) is 5.91 Å². The molecule has 0 radical (unpaired) electrons. The molecular weight excluding hydrogens is 294 g/mol. The molecule has 22 heavy (non-hydrogen) atoms. The molecule has 1 aliphatic rings. The van der Waals surface area contributed by atoms with E-state index in [9.17, 15) is 4.79 Å². The first kappa shape index (κ1) is 13.5. The third kappa shape index (κ3) is 2.76. The van der Waals surface area contributed by atoms with Gasteiger partial charge < -0.3 is 9.88 Å². The van der Waals surface area contributed by atoms with E-state index in [1.807, 2.05) is 24.4 Å². The van der Waals surface area contributed by atoms with Crippen molar-refractivity contribution in [2.45, 2.75) is 25.3 Å². The summed E-state index contributed by atoms with van der Waals surface area (Å²) in [5, 5.41) is 4.16. The fourth-order valence-corrected chi connectivity index (χ4v) is 3.59. The third-order valence-electron chi connectivity index (χ3n) is 3.96. The van der Waals surface area contributed by atoms with Gasteiger partial charge >= 0.3 is 0 Å². The highest BCUT2D eigenvalue weighted by atomic mass is 32.1. The summed E-state index contributed by atoms with van der Waals surface area (Å²) in [6.45, 7) is 0.634. The van der Waals surface area contributed by atoms with Crippen LogP contribution in [0.2, 0.25) is 0 Å². The molecule has 4 nitrogen and oxygen atoms in total. The highest BCUT2D eigenvalue weighted by Crippen LogP contribution is 2.38. The molecule has 1 fully saturated rings. The van der Waals surface area contributed by atoms with E-state index in [1.54, 1.807) is 17.5 Å². The van der Waals surface area contributed by atoms with Crippen LogP contribution in [0.25, 0.3) is 10.1 Å². The minimum atomic E-state index is 0.0167. The summed E-state index contributed by atoms with van der Waals surface area (Å²) in [4.78, 5) is 17.1. The predicted molar refractivity (Wildman–Crippen MR) is 88.4 cm³/mol. The molecule has 0 aromatic carbocycles. The van der Waals surface area contributed by atoms with Crippen LogP contribution in [0.15, 0.2) is 43.0 Å². The van der Waals surface area contributed by atoms with Crippen molar-refractivity contribution < 1.29 is 4.79 Å². The van der Waals surface area contributed by atoms with Gasteiger partial charge in [0.15, 0.2) is 0 Å². The minimum absolute atomic E-state index is 0.0167. The smallest absolute Gasteiger partial charge is 0.261 e. The number of nitrogens with one attached hydrogen (secondary N) is 1. The molecular formula is C17H17N3OS. The number of hydrogen-bond donors (Lipinski definition) is 1. The summed E-state index contributed by atoms with van der Waals surface area (Å²) in [7, 11) is 0. The molecule has 3 heterocycles. The summed E-state index contributed by atoms with van der Waals surface area (Å²) < 4.78 is 3.48. The summed E-state index contributed by atoms with van der Waals surface area (Å²) in [6.07, 6.45) is 11.3. The van der Waals surface area contributed by atoms with E-state index in [4.69, 9.17) is 0 Å². The largest absolute Gasteiger partial charge is 0.351 e. The van der Waals surface area contributed by atoms with E-state index in [0.29, 0.717) is 12.6 Å². The number of amides is 1. The first-order valence-electron chi connectivity index (χ1n) is 7.58. The van der Waals surface area contributed by atoms with Crippen molar-refractivity contribution in [1.29, 1.82) is 0 Å². The second kappa shape index (κ2) is 5.57. The first-order chi connectivity index (χ1) is 10.8. The van der Waals surface area contributed by atoms with Gasteiger partial charge in [-0.25, -0.2) is 0 Å². The van der Waals surface area contributed by atoms with Crippen LogP contribution in [0.4, 0.5) is 0 Å². The SMILES string of the molecule is O=C(NCCc1cccnc1)c1cc2cn(C3CC3)cc2s1. The Bertz CT molecular complexity index is 770. The lowest BCUT2D eigenvalue weighted by Crippen LogP contribution is -2.24. The molecule has 0 saturated heterocycles. The number of fused-ring (bicyclic) bond motifs is 1. The first-order valence-corrected chi connectivity index (χ1v) is 8.39. The van der Waals surface area contributed by atoms with Crippen LogP contribution in [-0.2, 0) is 6.42 Å². The van der Waals surface area contributed by atoms with Crippen LogP contribution in [0.1, 0.15) is 34.1 Å². The van der Waals surface area contributed by atoms with Gasteiger partial charge in [0.1, 0.15) is 0 Å². The van der Waals surface area contributed by atoms with E-state index < -0.39 is 0 Å². The van der Waals surface area contributed by atoms with Crippen molar-refractivity contribution in [1.82, 2.24) is 14.9 Å². The summed E-state index contributed by atoms with van der Waals surface area (Å²) in [5.41, 5.74) is 1.14. The van der Waals surface area contributed by atoms with Crippen molar-refractivity contribution in [3.63, 3.8) is 0 Å². The molecule has 4 rings (SSSR count). The molecule has 112 valence electrons. The lowest BCUT2D eigenvalue weighted by Gasteiger charge is -2.03. The second-order valence-electron chi connectivity index (χ2n) is 5.73. The highest BCUT2D eigenvalue weighted by Gasteiger charge is 2.23. The number of carbonyl (C=O) groups excluding carboxylic acids is 1. The Kier molecular flexibility index (Phi) is 3.42. The van der Waals surface area contributed by atoms with Crippen molar-refractivity contribution in [3.05, 3.63) is 53.4 Å². The molecule has 1 amide bonds. The van der Waals surface area contributed by atoms with Gasteiger partial charge in [-0.1, -0.05) is 6.07 Å². The minimum Gasteiger partial charge on any atom is -0.351 e. The Morgan fingerprint density at radius 1 is 1.41 bits per heavy atom. The van der Waals surface area contributed by atoms with Crippen molar-refractivity contribution in [2.24, 2.45) is 0 Å². The van der Waals surface area contributed by atoms with Crippen LogP contribution in [0.3, 0.4) is 0 Å². The average molecular weight is 311 g/mol. The zero-order valence-corrected chi connectivity index (χ0v) is 13.0. The highest BCUT2D eigenvalue weighted by molar-refractivity contribution is 7.20. The number of thiophene rings is 1. The number of carbonyl (C=O) groups is 1. The topological polar surface area (TPSA) is 46.9 Å². The van der Waals surface area contributed by atoms with Gasteiger partial charge in [-0.2, -0.15) is 0 Å². The van der Waals surface area contributed by atoms with Crippen LogP contribution in [0.5, 0.6) is 0 Å². The molecule has 1 N–H and O–H groups in total. The van der Waals surface area contributed by atoms with E-state index in [1.165, 1.54) is 22.9 Å². The molecule has 0 atom stereocenters. The molecule has 1 saturated carbocycles. The number of hydrogen-bond acceptors (Lipinski definition) is 3. The zero-order chi connectivity index (χ0) is 14.9. The van der Waals surface area contributed by atoms with Gasteiger partial charge in [0.05, 0.1) is 9.58 Å². The molecule has 0 unspecified atom stereocenters. The maximum Gasteiger partial charge on any atom is 0.261 e. The third-order valence-corrected chi connectivity index (χ3v) is 5.04. The van der Waals surface area contributed by atoms with E-state index in [2.05, 4.69) is 27.3 Å². The summed E-state index contributed by atoms with van der Waals surface area (Å²) in [6, 6.07) is 6.63. The van der Waals surface area contributed by atoms with Gasteiger partial charge in [-0.3, -0.25) is 9.78 Å². The van der Waals surface area contributed by atoms with Gasteiger partial charge in [0.25, 0.3) is 5.91 Å². The average Bonchev–Trinajstić information content (AvgIpc) is 3.18. The lowest BCUT2D eigenvalue weighted by atomic mass is 10.2.